The van der Waals surface area contributed by atoms with Crippen LogP contribution in [-0.2, 0) is 6.54 Å². The van der Waals surface area contributed by atoms with E-state index in [2.05, 4.69) is 57.8 Å². The highest BCUT2D eigenvalue weighted by molar-refractivity contribution is 9.13. The van der Waals surface area contributed by atoms with Crippen molar-refractivity contribution < 1.29 is 13.5 Å². The maximum atomic E-state index is 12.5. The van der Waals surface area contributed by atoms with Crippen LogP contribution >= 0.6 is 70.7 Å². The molecule has 1 heterocycles. The molecule has 0 aliphatic carbocycles. The fourth-order valence-corrected chi connectivity index (χ4v) is 4.58. The molecule has 0 saturated heterocycles. The molecule has 0 atom stereocenters. The predicted molar refractivity (Wildman–Crippen MR) is 92.8 cm³/mol. The molecular formula is C12H7Br3ClF2NOS. The average molecular weight is 526 g/mol. The van der Waals surface area contributed by atoms with Gasteiger partial charge in [-0.1, -0.05) is 11.6 Å². The van der Waals surface area contributed by atoms with Crippen molar-refractivity contribution in [3.63, 3.8) is 0 Å². The van der Waals surface area contributed by atoms with Crippen LogP contribution in [0.15, 0.2) is 30.9 Å². The lowest BCUT2D eigenvalue weighted by molar-refractivity contribution is -0.0498. The largest absolute Gasteiger partial charge is 0.431 e. The molecule has 1 N–H and O–H groups in total. The van der Waals surface area contributed by atoms with Crippen molar-refractivity contribution in [2.24, 2.45) is 0 Å². The molecule has 2 rings (SSSR count). The van der Waals surface area contributed by atoms with Gasteiger partial charge in [-0.05, 0) is 66.0 Å². The summed E-state index contributed by atoms with van der Waals surface area (Å²) in [6.45, 7) is -2.45. The van der Waals surface area contributed by atoms with Crippen molar-refractivity contribution in [3.8, 4) is 5.75 Å². The minimum atomic E-state index is -2.91. The van der Waals surface area contributed by atoms with E-state index >= 15 is 0 Å². The van der Waals surface area contributed by atoms with E-state index < -0.39 is 6.61 Å². The summed E-state index contributed by atoms with van der Waals surface area (Å²) < 4.78 is 31.8. The Labute approximate surface area is 154 Å². The van der Waals surface area contributed by atoms with E-state index in [1.807, 2.05) is 6.07 Å². The monoisotopic (exact) mass is 523 g/mol. The summed E-state index contributed by atoms with van der Waals surface area (Å²) >= 11 is 17.5. The van der Waals surface area contributed by atoms with E-state index in [4.69, 9.17) is 11.6 Å². The molecule has 0 radical (unpaired) electrons. The molecule has 9 heteroatoms. The van der Waals surface area contributed by atoms with Crippen LogP contribution in [0.1, 0.15) is 4.88 Å². The number of thiophene rings is 1. The number of anilines is 1. The Balaban J connectivity index is 2.21. The second-order valence-corrected chi connectivity index (χ2v) is 8.43. The summed E-state index contributed by atoms with van der Waals surface area (Å²) in [6.07, 6.45) is 0. The lowest BCUT2D eigenvalue weighted by Crippen LogP contribution is -2.07. The Hall–Kier alpha value is 0.110. The minimum Gasteiger partial charge on any atom is -0.431 e. The molecule has 0 aliphatic heterocycles. The van der Waals surface area contributed by atoms with Crippen LogP contribution in [0.3, 0.4) is 0 Å². The highest BCUT2D eigenvalue weighted by atomic mass is 79.9. The SMILES string of the molecule is FC(F)Oc1c(Br)cc(Cl)cc1NCc1cc(Br)c(Br)s1. The zero-order valence-electron chi connectivity index (χ0n) is 10.1. The van der Waals surface area contributed by atoms with Gasteiger partial charge >= 0.3 is 6.61 Å². The first kappa shape index (κ1) is 17.5. The molecule has 0 amide bonds. The maximum absolute atomic E-state index is 12.5. The van der Waals surface area contributed by atoms with Gasteiger partial charge in [0.2, 0.25) is 0 Å². The quantitative estimate of drug-likeness (QED) is 0.458. The van der Waals surface area contributed by atoms with Crippen molar-refractivity contribution in [1.29, 1.82) is 0 Å². The molecule has 114 valence electrons. The molecule has 0 unspecified atom stereocenters. The fourth-order valence-electron chi connectivity index (χ4n) is 1.56. The van der Waals surface area contributed by atoms with Gasteiger partial charge in [0.1, 0.15) is 0 Å². The second kappa shape index (κ2) is 7.59. The molecule has 0 fully saturated rings. The molecular weight excluding hydrogens is 519 g/mol. The third-order valence-corrected chi connectivity index (χ3v) is 6.43. The van der Waals surface area contributed by atoms with Gasteiger partial charge in [0.05, 0.1) is 13.9 Å². The molecule has 1 aromatic heterocycles. The van der Waals surface area contributed by atoms with Gasteiger partial charge in [0.25, 0.3) is 0 Å². The molecule has 0 bridgehead atoms. The van der Waals surface area contributed by atoms with Gasteiger partial charge in [-0.3, -0.25) is 0 Å². The minimum absolute atomic E-state index is 0.0316. The number of rotatable bonds is 5. The lowest BCUT2D eigenvalue weighted by Gasteiger charge is -2.14. The first-order chi connectivity index (χ1) is 9.86. The van der Waals surface area contributed by atoms with Gasteiger partial charge in [-0.25, -0.2) is 0 Å². The van der Waals surface area contributed by atoms with Crippen LogP contribution in [-0.4, -0.2) is 6.61 Å². The Morgan fingerprint density at radius 2 is 1.90 bits per heavy atom. The Morgan fingerprint density at radius 3 is 2.48 bits per heavy atom. The molecule has 2 nitrogen and oxygen atoms in total. The van der Waals surface area contributed by atoms with E-state index in [9.17, 15) is 8.78 Å². The average Bonchev–Trinajstić information content (AvgIpc) is 2.69. The molecule has 21 heavy (non-hydrogen) atoms. The molecule has 1 aromatic carbocycles. The third kappa shape index (κ3) is 4.79. The van der Waals surface area contributed by atoms with E-state index in [1.54, 1.807) is 6.07 Å². The van der Waals surface area contributed by atoms with Gasteiger partial charge in [-0.15, -0.1) is 11.3 Å². The van der Waals surface area contributed by atoms with Crippen LogP contribution in [0.25, 0.3) is 0 Å². The van der Waals surface area contributed by atoms with Gasteiger partial charge in [0, 0.05) is 20.9 Å². The Bertz CT molecular complexity index is 634. The summed E-state index contributed by atoms with van der Waals surface area (Å²) in [6, 6.07) is 4.99. The number of nitrogens with one attached hydrogen (secondary N) is 1. The van der Waals surface area contributed by atoms with Crippen LogP contribution in [0.4, 0.5) is 14.5 Å². The summed E-state index contributed by atoms with van der Waals surface area (Å²) in [7, 11) is 0. The van der Waals surface area contributed by atoms with Crippen molar-refractivity contribution in [3.05, 3.63) is 40.8 Å². The zero-order chi connectivity index (χ0) is 15.6. The number of benzene rings is 1. The first-order valence-corrected chi connectivity index (χ1v) is 9.05. The number of ether oxygens (including phenoxy) is 1. The normalized spacial score (nSPS) is 11.0. The standard InChI is InChI=1S/C12H7Br3ClF2NOS/c13-7-1-5(16)2-9(10(7)20-12(17)18)19-4-6-3-8(14)11(15)21-6/h1-3,12,19H,4H2. The zero-order valence-corrected chi connectivity index (χ0v) is 16.4. The van der Waals surface area contributed by atoms with E-state index in [0.717, 1.165) is 13.1 Å². The third-order valence-electron chi connectivity index (χ3n) is 2.36. The topological polar surface area (TPSA) is 21.3 Å². The van der Waals surface area contributed by atoms with Crippen LogP contribution in [0, 0.1) is 0 Å². The Morgan fingerprint density at radius 1 is 1.19 bits per heavy atom. The van der Waals surface area contributed by atoms with Crippen molar-refractivity contribution >= 4 is 76.4 Å². The van der Waals surface area contributed by atoms with Crippen molar-refractivity contribution in [1.82, 2.24) is 0 Å². The number of hydrogen-bond donors (Lipinski definition) is 1. The van der Waals surface area contributed by atoms with Crippen molar-refractivity contribution in [2.45, 2.75) is 13.2 Å². The fraction of sp³-hybridized carbons (Fsp3) is 0.167. The molecule has 2 aromatic rings. The van der Waals surface area contributed by atoms with Gasteiger partial charge in [0.15, 0.2) is 5.75 Å². The van der Waals surface area contributed by atoms with E-state index in [1.165, 1.54) is 17.4 Å². The number of halogens is 6. The second-order valence-electron chi connectivity index (χ2n) is 3.83. The number of alkyl halides is 2. The van der Waals surface area contributed by atoms with Crippen LogP contribution in [0.5, 0.6) is 5.75 Å². The van der Waals surface area contributed by atoms with Gasteiger partial charge < -0.3 is 10.1 Å². The van der Waals surface area contributed by atoms with E-state index in [0.29, 0.717) is 21.7 Å². The summed E-state index contributed by atoms with van der Waals surface area (Å²) in [4.78, 5) is 1.02. The van der Waals surface area contributed by atoms with Crippen molar-refractivity contribution in [2.75, 3.05) is 5.32 Å². The molecule has 0 saturated carbocycles. The lowest BCUT2D eigenvalue weighted by atomic mass is 10.3. The van der Waals surface area contributed by atoms with Gasteiger partial charge in [-0.2, -0.15) is 8.78 Å². The first-order valence-electron chi connectivity index (χ1n) is 5.48. The highest BCUT2D eigenvalue weighted by Crippen LogP contribution is 2.38. The Kier molecular flexibility index (Phi) is 6.31. The summed E-state index contributed by atoms with van der Waals surface area (Å²) in [5.74, 6) is 0.0316. The predicted octanol–water partition coefficient (Wildman–Crippen LogP) is 6.90. The maximum Gasteiger partial charge on any atom is 0.387 e. The smallest absolute Gasteiger partial charge is 0.387 e. The van der Waals surface area contributed by atoms with Crippen LogP contribution in [0.2, 0.25) is 5.02 Å². The van der Waals surface area contributed by atoms with E-state index in [-0.39, 0.29) is 5.75 Å². The molecule has 0 spiro atoms. The highest BCUT2D eigenvalue weighted by Gasteiger charge is 2.15. The summed E-state index contributed by atoms with van der Waals surface area (Å²) in [5.41, 5.74) is 0.398. The molecule has 0 aliphatic rings. The summed E-state index contributed by atoms with van der Waals surface area (Å²) in [5, 5.41) is 3.47. The van der Waals surface area contributed by atoms with Crippen LogP contribution < -0.4 is 10.1 Å². The number of hydrogen-bond acceptors (Lipinski definition) is 3.